The summed E-state index contributed by atoms with van der Waals surface area (Å²) >= 11 is 0. The van der Waals surface area contributed by atoms with E-state index in [4.69, 9.17) is 9.47 Å². The molecule has 3 aromatic rings. The zero-order valence-corrected chi connectivity index (χ0v) is 17.7. The van der Waals surface area contributed by atoms with Crippen molar-refractivity contribution < 1.29 is 14.3 Å². The van der Waals surface area contributed by atoms with Crippen molar-refractivity contribution in [3.05, 3.63) is 77.9 Å². The minimum atomic E-state index is -0.191. The number of carbonyl (C=O) groups is 1. The van der Waals surface area contributed by atoms with Gasteiger partial charge in [0, 0.05) is 26.2 Å². The molecule has 1 heterocycles. The topological polar surface area (TPSA) is 62.8 Å². The maximum absolute atomic E-state index is 12.2. The summed E-state index contributed by atoms with van der Waals surface area (Å²) in [5.74, 6) is 0.804. The molecule has 31 heavy (non-hydrogen) atoms. The fraction of sp³-hybridized carbons (Fsp3) is 0.320. The Bertz CT molecular complexity index is 1000. The highest BCUT2D eigenvalue weighted by atomic mass is 16.5. The maximum atomic E-state index is 12.2. The van der Waals surface area contributed by atoms with Crippen molar-refractivity contribution in [3.8, 4) is 5.75 Å². The molecule has 0 aliphatic carbocycles. The zero-order chi connectivity index (χ0) is 21.3. The van der Waals surface area contributed by atoms with Gasteiger partial charge in [-0.3, -0.25) is 4.90 Å². The van der Waals surface area contributed by atoms with E-state index in [1.165, 1.54) is 10.9 Å². The van der Waals surface area contributed by atoms with Crippen LogP contribution in [0.5, 0.6) is 5.75 Å². The van der Waals surface area contributed by atoms with E-state index in [-0.39, 0.29) is 6.03 Å². The normalized spacial score (nSPS) is 14.3. The van der Waals surface area contributed by atoms with Crippen molar-refractivity contribution in [2.24, 2.45) is 0 Å². The number of nitrogens with one attached hydrogen (secondary N) is 2. The average molecular weight is 420 g/mol. The van der Waals surface area contributed by atoms with Crippen molar-refractivity contribution in [1.82, 2.24) is 15.5 Å². The van der Waals surface area contributed by atoms with Crippen molar-refractivity contribution in [2.45, 2.75) is 13.1 Å². The highest BCUT2D eigenvalue weighted by molar-refractivity contribution is 5.83. The molecule has 0 atom stereocenters. The molecular weight excluding hydrogens is 390 g/mol. The Labute approximate surface area is 183 Å². The van der Waals surface area contributed by atoms with Crippen molar-refractivity contribution in [1.29, 1.82) is 0 Å². The van der Waals surface area contributed by atoms with Gasteiger partial charge in [-0.2, -0.15) is 0 Å². The molecule has 4 rings (SSSR count). The predicted octanol–water partition coefficient (Wildman–Crippen LogP) is 3.55. The van der Waals surface area contributed by atoms with Crippen LogP contribution in [0.3, 0.4) is 0 Å². The molecule has 0 saturated carbocycles. The van der Waals surface area contributed by atoms with Gasteiger partial charge in [-0.1, -0.05) is 54.6 Å². The van der Waals surface area contributed by atoms with E-state index >= 15 is 0 Å². The van der Waals surface area contributed by atoms with E-state index in [0.717, 1.165) is 49.5 Å². The first kappa shape index (κ1) is 21.2. The van der Waals surface area contributed by atoms with Gasteiger partial charge in [0.2, 0.25) is 0 Å². The van der Waals surface area contributed by atoms with Crippen LogP contribution in [0.15, 0.2) is 66.7 Å². The summed E-state index contributed by atoms with van der Waals surface area (Å²) in [6.45, 7) is 5.68. The molecule has 0 radical (unpaired) electrons. The Morgan fingerprint density at radius 1 is 0.903 bits per heavy atom. The molecule has 0 aromatic heterocycles. The van der Waals surface area contributed by atoms with E-state index in [9.17, 15) is 4.79 Å². The van der Waals surface area contributed by atoms with Gasteiger partial charge >= 0.3 is 6.03 Å². The number of carbonyl (C=O) groups excluding carboxylic acids is 1. The second-order valence-electron chi connectivity index (χ2n) is 7.62. The first-order chi connectivity index (χ1) is 15.3. The van der Waals surface area contributed by atoms with Crippen molar-refractivity contribution in [2.75, 3.05) is 39.5 Å². The fourth-order valence-corrected chi connectivity index (χ4v) is 3.71. The molecule has 2 amide bonds. The first-order valence-corrected chi connectivity index (χ1v) is 10.8. The molecule has 6 heteroatoms. The molecule has 3 aromatic carbocycles. The largest absolute Gasteiger partial charge is 0.492 e. The van der Waals surface area contributed by atoms with Crippen LogP contribution in [0.2, 0.25) is 0 Å². The highest BCUT2D eigenvalue weighted by Crippen LogP contribution is 2.20. The maximum Gasteiger partial charge on any atom is 0.315 e. The number of hydrogen-bond acceptors (Lipinski definition) is 4. The number of fused-ring (bicyclic) bond motifs is 1. The summed E-state index contributed by atoms with van der Waals surface area (Å²) in [4.78, 5) is 14.6. The number of morpholine rings is 1. The molecular formula is C25H29N3O3. The third kappa shape index (κ3) is 6.20. The van der Waals surface area contributed by atoms with E-state index in [0.29, 0.717) is 19.7 Å². The van der Waals surface area contributed by atoms with Crippen LogP contribution in [0.25, 0.3) is 10.8 Å². The number of rotatable bonds is 8. The van der Waals surface area contributed by atoms with Gasteiger partial charge in [0.1, 0.15) is 12.4 Å². The number of benzene rings is 3. The molecule has 1 fully saturated rings. The van der Waals surface area contributed by atoms with Gasteiger partial charge in [0.25, 0.3) is 0 Å². The van der Waals surface area contributed by atoms with Gasteiger partial charge in [-0.15, -0.1) is 0 Å². The summed E-state index contributed by atoms with van der Waals surface area (Å²) in [5.41, 5.74) is 2.38. The van der Waals surface area contributed by atoms with E-state index in [1.807, 2.05) is 42.5 Å². The lowest BCUT2D eigenvalue weighted by atomic mass is 10.1. The van der Waals surface area contributed by atoms with Gasteiger partial charge in [0.05, 0.1) is 19.8 Å². The summed E-state index contributed by atoms with van der Waals surface area (Å²) < 4.78 is 11.2. The molecule has 162 valence electrons. The van der Waals surface area contributed by atoms with Crippen molar-refractivity contribution in [3.63, 3.8) is 0 Å². The molecule has 6 nitrogen and oxygen atoms in total. The standard InChI is InChI=1S/C25H29N3O3/c29-25(26-11-14-31-24-10-9-20-5-1-2-6-21(20)17-24)27-18-22-7-3-4-8-23(22)19-28-12-15-30-16-13-28/h1-10,17H,11-16,18-19H2,(H2,26,27,29). The summed E-state index contributed by atoms with van der Waals surface area (Å²) in [6.07, 6.45) is 0. The number of ether oxygens (including phenoxy) is 2. The molecule has 1 aliphatic heterocycles. The molecule has 1 saturated heterocycles. The lowest BCUT2D eigenvalue weighted by molar-refractivity contribution is 0.0341. The van der Waals surface area contributed by atoms with Gasteiger partial charge in [-0.25, -0.2) is 4.79 Å². The molecule has 2 N–H and O–H groups in total. The van der Waals surface area contributed by atoms with E-state index < -0.39 is 0 Å². The van der Waals surface area contributed by atoms with Crippen LogP contribution < -0.4 is 15.4 Å². The second kappa shape index (κ2) is 10.8. The predicted molar refractivity (Wildman–Crippen MR) is 122 cm³/mol. The van der Waals surface area contributed by atoms with E-state index in [2.05, 4.69) is 39.8 Å². The Morgan fingerprint density at radius 3 is 2.48 bits per heavy atom. The number of amides is 2. The molecule has 0 bridgehead atoms. The Hall–Kier alpha value is -3.09. The van der Waals surface area contributed by atoms with Gasteiger partial charge in [0.15, 0.2) is 0 Å². The van der Waals surface area contributed by atoms with Crippen LogP contribution in [0, 0.1) is 0 Å². The minimum absolute atomic E-state index is 0.191. The number of urea groups is 1. The van der Waals surface area contributed by atoms with Gasteiger partial charge in [-0.05, 0) is 34.0 Å². The lowest BCUT2D eigenvalue weighted by Crippen LogP contribution is -2.38. The molecule has 1 aliphatic rings. The third-order valence-corrected chi connectivity index (χ3v) is 5.43. The molecule has 0 spiro atoms. The quantitative estimate of drug-likeness (QED) is 0.548. The molecule has 0 unspecified atom stereocenters. The van der Waals surface area contributed by atoms with Crippen LogP contribution in [0.4, 0.5) is 4.79 Å². The Kier molecular flexibility index (Phi) is 7.37. The van der Waals surface area contributed by atoms with Gasteiger partial charge < -0.3 is 20.1 Å². The summed E-state index contributed by atoms with van der Waals surface area (Å²) in [7, 11) is 0. The Morgan fingerprint density at radius 2 is 1.65 bits per heavy atom. The summed E-state index contributed by atoms with van der Waals surface area (Å²) in [6, 6.07) is 22.2. The van der Waals surface area contributed by atoms with Crippen LogP contribution >= 0.6 is 0 Å². The average Bonchev–Trinajstić information content (AvgIpc) is 2.82. The highest BCUT2D eigenvalue weighted by Gasteiger charge is 2.13. The van der Waals surface area contributed by atoms with Crippen LogP contribution in [-0.2, 0) is 17.8 Å². The van der Waals surface area contributed by atoms with Crippen LogP contribution in [-0.4, -0.2) is 50.4 Å². The van der Waals surface area contributed by atoms with Crippen molar-refractivity contribution >= 4 is 16.8 Å². The SMILES string of the molecule is O=C(NCCOc1ccc2ccccc2c1)NCc1ccccc1CN1CCOCC1. The fourth-order valence-electron chi connectivity index (χ4n) is 3.71. The summed E-state index contributed by atoms with van der Waals surface area (Å²) in [5, 5.41) is 8.13. The van der Waals surface area contributed by atoms with E-state index in [1.54, 1.807) is 0 Å². The van der Waals surface area contributed by atoms with Crippen LogP contribution in [0.1, 0.15) is 11.1 Å². The first-order valence-electron chi connectivity index (χ1n) is 10.8. The minimum Gasteiger partial charge on any atom is -0.492 e. The second-order valence-corrected chi connectivity index (χ2v) is 7.62. The third-order valence-electron chi connectivity index (χ3n) is 5.43. The smallest absolute Gasteiger partial charge is 0.315 e. The zero-order valence-electron chi connectivity index (χ0n) is 17.7. The Balaban J connectivity index is 1.19. The monoisotopic (exact) mass is 419 g/mol. The number of nitrogens with zero attached hydrogens (tertiary/aromatic N) is 1. The lowest BCUT2D eigenvalue weighted by Gasteiger charge is -2.27. The number of hydrogen-bond donors (Lipinski definition) is 2.